The highest BCUT2D eigenvalue weighted by Gasteiger charge is 2.50. The zero-order chi connectivity index (χ0) is 14.4. The maximum atomic E-state index is 11.5. The number of carboxylic acids is 1. The van der Waals surface area contributed by atoms with Gasteiger partial charge in [0.05, 0.1) is 5.92 Å². The lowest BCUT2D eigenvalue weighted by atomic mass is 9.84. The van der Waals surface area contributed by atoms with Gasteiger partial charge in [-0.25, -0.2) is 0 Å². The first kappa shape index (κ1) is 13.6. The SMILES string of the molecule is O=C(O)C1C2CCC(C2)C1NCC1Cc2ccccc2S1. The zero-order valence-corrected chi connectivity index (χ0v) is 12.8. The van der Waals surface area contributed by atoms with Gasteiger partial charge < -0.3 is 10.4 Å². The maximum Gasteiger partial charge on any atom is 0.308 e. The highest BCUT2D eigenvalue weighted by molar-refractivity contribution is 8.00. The Kier molecular flexibility index (Phi) is 3.46. The largest absolute Gasteiger partial charge is 0.481 e. The standard InChI is InChI=1S/C17H21NO2S/c19-17(20)15-11-5-6-12(7-11)16(15)18-9-13-8-10-3-1-2-4-14(10)21-13/h1-4,11-13,15-16,18H,5-9H2,(H,19,20). The van der Waals surface area contributed by atoms with Crippen molar-refractivity contribution < 1.29 is 9.90 Å². The Balaban J connectivity index is 1.38. The molecule has 2 N–H and O–H groups in total. The van der Waals surface area contributed by atoms with E-state index in [2.05, 4.69) is 29.6 Å². The normalized spacial score (nSPS) is 36.9. The van der Waals surface area contributed by atoms with Gasteiger partial charge in [0.25, 0.3) is 0 Å². The molecule has 1 aromatic carbocycles. The van der Waals surface area contributed by atoms with Crippen molar-refractivity contribution in [2.75, 3.05) is 6.54 Å². The van der Waals surface area contributed by atoms with Gasteiger partial charge in [-0.15, -0.1) is 11.8 Å². The Hall–Kier alpha value is -1.00. The molecule has 2 bridgehead atoms. The van der Waals surface area contributed by atoms with Crippen LogP contribution in [0.15, 0.2) is 29.2 Å². The number of fused-ring (bicyclic) bond motifs is 3. The van der Waals surface area contributed by atoms with Crippen LogP contribution in [0.5, 0.6) is 0 Å². The minimum atomic E-state index is -0.595. The van der Waals surface area contributed by atoms with Crippen LogP contribution in [0, 0.1) is 17.8 Å². The molecule has 0 radical (unpaired) electrons. The van der Waals surface area contributed by atoms with E-state index in [1.165, 1.54) is 16.9 Å². The molecule has 5 unspecified atom stereocenters. The molecule has 0 saturated heterocycles. The van der Waals surface area contributed by atoms with Gasteiger partial charge in [-0.05, 0) is 49.1 Å². The molecule has 0 amide bonds. The summed E-state index contributed by atoms with van der Waals surface area (Å²) in [5, 5.41) is 13.7. The van der Waals surface area contributed by atoms with Crippen molar-refractivity contribution in [3.63, 3.8) is 0 Å². The molecule has 21 heavy (non-hydrogen) atoms. The Bertz CT molecular complexity index is 536. The number of hydrogen-bond acceptors (Lipinski definition) is 3. The monoisotopic (exact) mass is 303 g/mol. The summed E-state index contributed by atoms with van der Waals surface area (Å²) in [6, 6.07) is 8.80. The lowest BCUT2D eigenvalue weighted by molar-refractivity contribution is -0.144. The number of rotatable bonds is 4. The summed E-state index contributed by atoms with van der Waals surface area (Å²) in [6.45, 7) is 0.928. The van der Waals surface area contributed by atoms with Crippen LogP contribution in [0.1, 0.15) is 24.8 Å². The zero-order valence-electron chi connectivity index (χ0n) is 12.0. The van der Waals surface area contributed by atoms with E-state index in [1.807, 2.05) is 11.8 Å². The fraction of sp³-hybridized carbons (Fsp3) is 0.588. The summed E-state index contributed by atoms with van der Waals surface area (Å²) in [5.74, 6) is 0.253. The molecular formula is C17H21NO2S. The molecule has 4 heteroatoms. The summed E-state index contributed by atoms with van der Waals surface area (Å²) >= 11 is 1.94. The predicted molar refractivity (Wildman–Crippen MR) is 83.5 cm³/mol. The van der Waals surface area contributed by atoms with Crippen molar-refractivity contribution >= 4 is 17.7 Å². The van der Waals surface area contributed by atoms with Crippen LogP contribution in [0.3, 0.4) is 0 Å². The second kappa shape index (κ2) is 5.33. The molecule has 3 nitrogen and oxygen atoms in total. The Morgan fingerprint density at radius 2 is 2.10 bits per heavy atom. The van der Waals surface area contributed by atoms with Gasteiger partial charge in [0.1, 0.15) is 0 Å². The van der Waals surface area contributed by atoms with Gasteiger partial charge in [-0.2, -0.15) is 0 Å². The van der Waals surface area contributed by atoms with Crippen molar-refractivity contribution in [3.05, 3.63) is 29.8 Å². The van der Waals surface area contributed by atoms with Crippen molar-refractivity contribution in [2.45, 2.75) is 41.9 Å². The van der Waals surface area contributed by atoms with Gasteiger partial charge in [0.2, 0.25) is 0 Å². The van der Waals surface area contributed by atoms with Crippen LogP contribution in [0.25, 0.3) is 0 Å². The third-order valence-corrected chi connectivity index (χ3v) is 6.82. The smallest absolute Gasteiger partial charge is 0.308 e. The molecule has 2 fully saturated rings. The van der Waals surface area contributed by atoms with E-state index in [0.29, 0.717) is 17.1 Å². The predicted octanol–water partition coefficient (Wildman–Crippen LogP) is 2.79. The second-order valence-electron chi connectivity index (χ2n) is 6.68. The highest BCUT2D eigenvalue weighted by atomic mass is 32.2. The lowest BCUT2D eigenvalue weighted by Gasteiger charge is -2.29. The molecular weight excluding hydrogens is 282 g/mol. The number of thioether (sulfide) groups is 1. The van der Waals surface area contributed by atoms with Crippen LogP contribution in [0.2, 0.25) is 0 Å². The van der Waals surface area contributed by atoms with E-state index in [4.69, 9.17) is 0 Å². The minimum absolute atomic E-state index is 0.155. The van der Waals surface area contributed by atoms with Crippen LogP contribution < -0.4 is 5.32 Å². The number of carbonyl (C=O) groups is 1. The first-order valence-electron chi connectivity index (χ1n) is 7.93. The number of nitrogens with one attached hydrogen (secondary N) is 1. The van der Waals surface area contributed by atoms with E-state index in [0.717, 1.165) is 25.8 Å². The quantitative estimate of drug-likeness (QED) is 0.898. The van der Waals surface area contributed by atoms with Gasteiger partial charge in [0, 0.05) is 22.7 Å². The van der Waals surface area contributed by atoms with Crippen LogP contribution in [0.4, 0.5) is 0 Å². The molecule has 3 aliphatic rings. The van der Waals surface area contributed by atoms with E-state index in [-0.39, 0.29) is 12.0 Å². The average molecular weight is 303 g/mol. The first-order valence-corrected chi connectivity index (χ1v) is 8.81. The first-order chi connectivity index (χ1) is 10.2. The molecule has 4 rings (SSSR count). The minimum Gasteiger partial charge on any atom is -0.481 e. The van der Waals surface area contributed by atoms with E-state index in [1.54, 1.807) is 0 Å². The van der Waals surface area contributed by atoms with Crippen molar-refractivity contribution in [2.24, 2.45) is 17.8 Å². The highest BCUT2D eigenvalue weighted by Crippen LogP contribution is 2.48. The third kappa shape index (κ3) is 2.38. The molecule has 112 valence electrons. The number of aliphatic carboxylic acids is 1. The fourth-order valence-corrected chi connectivity index (χ4v) is 5.84. The van der Waals surface area contributed by atoms with Gasteiger partial charge in [-0.1, -0.05) is 18.2 Å². The molecule has 2 aliphatic carbocycles. The fourth-order valence-electron chi connectivity index (χ4n) is 4.58. The van der Waals surface area contributed by atoms with Crippen LogP contribution >= 0.6 is 11.8 Å². The van der Waals surface area contributed by atoms with Gasteiger partial charge >= 0.3 is 5.97 Å². The van der Waals surface area contributed by atoms with Crippen LogP contribution in [-0.2, 0) is 11.2 Å². The van der Waals surface area contributed by atoms with Crippen molar-refractivity contribution in [1.82, 2.24) is 5.32 Å². The average Bonchev–Trinajstić information content (AvgIpc) is 3.17. The Labute approximate surface area is 129 Å². The van der Waals surface area contributed by atoms with E-state index >= 15 is 0 Å². The number of benzene rings is 1. The Morgan fingerprint density at radius 1 is 1.29 bits per heavy atom. The summed E-state index contributed by atoms with van der Waals surface area (Å²) in [6.07, 6.45) is 4.55. The topological polar surface area (TPSA) is 49.3 Å². The van der Waals surface area contributed by atoms with Crippen molar-refractivity contribution in [3.8, 4) is 0 Å². The van der Waals surface area contributed by atoms with E-state index in [9.17, 15) is 9.90 Å². The summed E-state index contributed by atoms with van der Waals surface area (Å²) in [4.78, 5) is 12.9. The molecule has 0 spiro atoms. The summed E-state index contributed by atoms with van der Waals surface area (Å²) in [7, 11) is 0. The van der Waals surface area contributed by atoms with Gasteiger partial charge in [-0.3, -0.25) is 4.79 Å². The Morgan fingerprint density at radius 3 is 2.90 bits per heavy atom. The van der Waals surface area contributed by atoms with Crippen molar-refractivity contribution in [1.29, 1.82) is 0 Å². The molecule has 1 heterocycles. The van der Waals surface area contributed by atoms with E-state index < -0.39 is 5.97 Å². The molecule has 0 aromatic heterocycles. The summed E-state index contributed by atoms with van der Waals surface area (Å²) in [5.41, 5.74) is 1.44. The number of hydrogen-bond donors (Lipinski definition) is 2. The molecule has 1 aliphatic heterocycles. The molecule has 1 aromatic rings. The number of carboxylic acid groups (broad SMARTS) is 1. The summed E-state index contributed by atoms with van der Waals surface area (Å²) < 4.78 is 0. The van der Waals surface area contributed by atoms with Crippen LogP contribution in [-0.4, -0.2) is 28.9 Å². The molecule has 2 saturated carbocycles. The maximum absolute atomic E-state index is 11.5. The third-order valence-electron chi connectivity index (χ3n) is 5.50. The molecule has 5 atom stereocenters. The van der Waals surface area contributed by atoms with Gasteiger partial charge in [0.15, 0.2) is 0 Å². The lowest BCUT2D eigenvalue weighted by Crippen LogP contribution is -2.46. The second-order valence-corrected chi connectivity index (χ2v) is 8.03.